The van der Waals surface area contributed by atoms with E-state index in [0.717, 1.165) is 122 Å². The van der Waals surface area contributed by atoms with Crippen molar-refractivity contribution in [2.45, 2.75) is 314 Å². The molecule has 0 bridgehead atoms. The Labute approximate surface area is 480 Å². The van der Waals surface area contributed by atoms with Crippen LogP contribution in [0, 0.1) is 0 Å². The van der Waals surface area contributed by atoms with Gasteiger partial charge in [0.25, 0.3) is 0 Å². The van der Waals surface area contributed by atoms with Crippen LogP contribution in [0.2, 0.25) is 0 Å². The molecular weight excluding hydrogens is 997 g/mol. The van der Waals surface area contributed by atoms with Crippen molar-refractivity contribution in [1.82, 2.24) is 0 Å². The minimum absolute atomic E-state index is 0.0391. The summed E-state index contributed by atoms with van der Waals surface area (Å²) in [4.78, 5) is 51.3. The van der Waals surface area contributed by atoms with Crippen LogP contribution in [0.25, 0.3) is 0 Å². The SMILES string of the molecule is CC/C=C\C/C=C\C/C=C\CCCCCCCC(=O)OC1C(OCC(COC(=O)CCCCCCCC/C=C\C/C=C\C/C=C\CCCCC)OC(=O)CCCCCCCCCCCCCCCCC)OC(C(=O)O)C(O)C1O. The number of aliphatic hydroxyl groups is 2. The molecule has 0 aromatic carbocycles. The minimum atomic E-state index is -1.91. The van der Waals surface area contributed by atoms with Crippen LogP contribution < -0.4 is 0 Å². The number of carboxylic acids is 1. The number of esters is 3. The van der Waals surface area contributed by atoms with E-state index in [1.165, 1.54) is 96.3 Å². The first-order valence-corrected chi connectivity index (χ1v) is 31.9. The van der Waals surface area contributed by atoms with Crippen LogP contribution in [0.4, 0.5) is 0 Å². The van der Waals surface area contributed by atoms with E-state index in [4.69, 9.17) is 23.7 Å². The van der Waals surface area contributed by atoms with E-state index in [-0.39, 0.29) is 25.9 Å². The number of allylic oxidation sites excluding steroid dienone is 12. The molecule has 0 amide bonds. The molecule has 0 saturated carbocycles. The second kappa shape index (κ2) is 54.7. The fraction of sp³-hybridized carbons (Fsp3) is 0.761. The van der Waals surface area contributed by atoms with Crippen LogP contribution in [0.1, 0.15) is 278 Å². The lowest BCUT2D eigenvalue weighted by Crippen LogP contribution is -2.61. The highest BCUT2D eigenvalue weighted by atomic mass is 16.7. The number of aliphatic carboxylic acids is 1. The van der Waals surface area contributed by atoms with E-state index in [1.807, 2.05) is 0 Å². The molecule has 0 spiro atoms. The molecule has 0 radical (unpaired) electrons. The van der Waals surface area contributed by atoms with Gasteiger partial charge in [-0.3, -0.25) is 14.4 Å². The summed E-state index contributed by atoms with van der Waals surface area (Å²) in [5.41, 5.74) is 0. The Balaban J connectivity index is 2.68. The molecule has 3 N–H and O–H groups in total. The lowest BCUT2D eigenvalue weighted by Gasteiger charge is -2.40. The predicted molar refractivity (Wildman–Crippen MR) is 322 cm³/mol. The largest absolute Gasteiger partial charge is 0.479 e. The van der Waals surface area contributed by atoms with Gasteiger partial charge < -0.3 is 39.0 Å². The van der Waals surface area contributed by atoms with Crippen molar-refractivity contribution in [3.05, 3.63) is 72.9 Å². The van der Waals surface area contributed by atoms with Crippen LogP contribution in [-0.4, -0.2) is 89.2 Å². The first-order valence-electron chi connectivity index (χ1n) is 31.9. The maximum absolute atomic E-state index is 13.2. The van der Waals surface area contributed by atoms with E-state index < -0.39 is 67.3 Å². The number of carbonyl (C=O) groups excluding carboxylic acids is 3. The molecule has 1 rings (SSSR count). The Morgan fingerprint density at radius 2 is 0.797 bits per heavy atom. The van der Waals surface area contributed by atoms with Gasteiger partial charge in [-0.15, -0.1) is 0 Å². The molecule has 0 aromatic heterocycles. The fourth-order valence-electron chi connectivity index (χ4n) is 9.39. The first kappa shape index (κ1) is 73.2. The van der Waals surface area contributed by atoms with Crippen molar-refractivity contribution < 1.29 is 58.2 Å². The Morgan fingerprint density at radius 3 is 1.24 bits per heavy atom. The lowest BCUT2D eigenvalue weighted by atomic mass is 9.98. The number of carbonyl (C=O) groups is 4. The maximum Gasteiger partial charge on any atom is 0.335 e. The Bertz CT molecular complexity index is 1650. The molecule has 1 aliphatic heterocycles. The predicted octanol–water partition coefficient (Wildman–Crippen LogP) is 16.9. The van der Waals surface area contributed by atoms with Crippen molar-refractivity contribution in [1.29, 1.82) is 0 Å². The molecule has 1 aliphatic rings. The van der Waals surface area contributed by atoms with E-state index in [2.05, 4.69) is 93.7 Å². The normalized spacial score (nSPS) is 18.3. The summed E-state index contributed by atoms with van der Waals surface area (Å²) in [6.07, 6.45) is 57.1. The highest BCUT2D eigenvalue weighted by Gasteiger charge is 2.50. The standard InChI is InChI=1S/C67H114O12/c1-4-7-10-13-16-19-22-25-28-29-30-31-34-35-38-41-44-47-50-53-59(68)75-56-58(77-60(69)54-51-48-45-42-39-36-32-26-23-20-17-14-11-8-5-2)57-76-67-65(63(72)62(71)64(79-67)66(73)74)78-61(70)55-52-49-46-43-40-37-33-27-24-21-18-15-12-9-6-3/h9,12,16,18-19,21,25,27-28,30-31,33,58,62-65,67,71-72H,4-8,10-11,13-15,17,20,22-24,26,29,32,34-57H2,1-3H3,(H,73,74)/b12-9-,19-16-,21-18-,28-25-,31-30-,33-27-. The Hall–Kier alpha value is -3.84. The smallest absolute Gasteiger partial charge is 0.335 e. The third-order valence-corrected chi connectivity index (χ3v) is 14.3. The highest BCUT2D eigenvalue weighted by molar-refractivity contribution is 5.74. The van der Waals surface area contributed by atoms with Gasteiger partial charge in [0.2, 0.25) is 0 Å². The number of hydrogen-bond acceptors (Lipinski definition) is 11. The number of aliphatic hydroxyl groups excluding tert-OH is 2. The first-order chi connectivity index (χ1) is 38.6. The molecular formula is C67H114O12. The third kappa shape index (κ3) is 44.5. The van der Waals surface area contributed by atoms with Gasteiger partial charge in [-0.2, -0.15) is 0 Å². The van der Waals surface area contributed by atoms with Gasteiger partial charge >= 0.3 is 23.9 Å². The summed E-state index contributed by atoms with van der Waals surface area (Å²) in [6.45, 7) is 5.86. The van der Waals surface area contributed by atoms with Crippen LogP contribution in [0.5, 0.6) is 0 Å². The zero-order valence-electron chi connectivity index (χ0n) is 50.1. The monoisotopic (exact) mass is 1110 g/mol. The minimum Gasteiger partial charge on any atom is -0.479 e. The van der Waals surface area contributed by atoms with Gasteiger partial charge in [0.1, 0.15) is 18.8 Å². The zero-order chi connectivity index (χ0) is 57.5. The van der Waals surface area contributed by atoms with Gasteiger partial charge in [-0.05, 0) is 89.9 Å². The summed E-state index contributed by atoms with van der Waals surface area (Å²) in [5, 5.41) is 31.5. The summed E-state index contributed by atoms with van der Waals surface area (Å²) >= 11 is 0. The van der Waals surface area contributed by atoms with E-state index in [1.54, 1.807) is 0 Å². The number of unbranched alkanes of at least 4 members (excludes halogenated alkanes) is 28. The van der Waals surface area contributed by atoms with E-state index in [0.29, 0.717) is 19.3 Å². The molecule has 12 nitrogen and oxygen atoms in total. The summed E-state index contributed by atoms with van der Waals surface area (Å²) in [5.74, 6) is -3.14. The third-order valence-electron chi connectivity index (χ3n) is 14.3. The van der Waals surface area contributed by atoms with Gasteiger partial charge in [-0.25, -0.2) is 4.79 Å². The van der Waals surface area contributed by atoms with Gasteiger partial charge in [0, 0.05) is 19.3 Å². The molecule has 1 saturated heterocycles. The van der Waals surface area contributed by atoms with Crippen molar-refractivity contribution in [3.8, 4) is 0 Å². The molecule has 6 unspecified atom stereocenters. The molecule has 12 heteroatoms. The molecule has 0 aromatic rings. The van der Waals surface area contributed by atoms with Gasteiger partial charge in [-0.1, -0.05) is 241 Å². The van der Waals surface area contributed by atoms with Crippen LogP contribution in [0.3, 0.4) is 0 Å². The van der Waals surface area contributed by atoms with Crippen LogP contribution in [-0.2, 0) is 42.9 Å². The topological polar surface area (TPSA) is 175 Å². The molecule has 1 heterocycles. The average molecular weight is 1110 g/mol. The van der Waals surface area contributed by atoms with Crippen molar-refractivity contribution in [2.24, 2.45) is 0 Å². The Morgan fingerprint density at radius 1 is 0.430 bits per heavy atom. The summed E-state index contributed by atoms with van der Waals surface area (Å²) in [7, 11) is 0. The lowest BCUT2D eigenvalue weighted by molar-refractivity contribution is -0.301. The highest BCUT2D eigenvalue weighted by Crippen LogP contribution is 2.27. The maximum atomic E-state index is 13.2. The number of carboxylic acid groups (broad SMARTS) is 1. The van der Waals surface area contributed by atoms with Crippen LogP contribution >= 0.6 is 0 Å². The average Bonchev–Trinajstić information content (AvgIpc) is 3.44. The Kier molecular flexibility index (Phi) is 50.7. The quantitative estimate of drug-likeness (QED) is 0.0228. The number of ether oxygens (including phenoxy) is 5. The summed E-state index contributed by atoms with van der Waals surface area (Å²) in [6, 6.07) is 0. The second-order valence-corrected chi connectivity index (χ2v) is 21.7. The molecule has 1 fully saturated rings. The fourth-order valence-corrected chi connectivity index (χ4v) is 9.39. The van der Waals surface area contributed by atoms with Crippen molar-refractivity contribution in [3.63, 3.8) is 0 Å². The molecule has 0 aliphatic carbocycles. The van der Waals surface area contributed by atoms with Crippen molar-refractivity contribution in [2.75, 3.05) is 13.2 Å². The molecule has 79 heavy (non-hydrogen) atoms. The van der Waals surface area contributed by atoms with Crippen molar-refractivity contribution >= 4 is 23.9 Å². The zero-order valence-corrected chi connectivity index (χ0v) is 50.1. The van der Waals surface area contributed by atoms with E-state index in [9.17, 15) is 34.5 Å². The number of hydrogen-bond donors (Lipinski definition) is 3. The van der Waals surface area contributed by atoms with Gasteiger partial charge in [0.05, 0.1) is 6.61 Å². The van der Waals surface area contributed by atoms with Crippen LogP contribution in [0.15, 0.2) is 72.9 Å². The summed E-state index contributed by atoms with van der Waals surface area (Å²) < 4.78 is 28.5. The second-order valence-electron chi connectivity index (χ2n) is 21.7. The van der Waals surface area contributed by atoms with Gasteiger partial charge in [0.15, 0.2) is 24.6 Å². The molecule has 6 atom stereocenters. The molecule has 454 valence electrons. The van der Waals surface area contributed by atoms with E-state index >= 15 is 0 Å². The number of rotatable bonds is 54.